The lowest BCUT2D eigenvalue weighted by atomic mass is 9.90. The Morgan fingerprint density at radius 1 is 1.18 bits per heavy atom. The smallest absolute Gasteiger partial charge is 0.160 e. The highest BCUT2D eigenvalue weighted by Gasteiger charge is 2.28. The maximum absolute atomic E-state index is 10.4. The minimum atomic E-state index is -0.0867. The van der Waals surface area contributed by atoms with E-state index in [-0.39, 0.29) is 11.5 Å². The fraction of sp³-hybridized carbons (Fsp3) is 0.786. The third-order valence-electron chi connectivity index (χ3n) is 2.76. The van der Waals surface area contributed by atoms with Gasteiger partial charge in [-0.15, -0.1) is 0 Å². The van der Waals surface area contributed by atoms with Crippen molar-refractivity contribution in [2.24, 2.45) is 5.92 Å². The summed E-state index contributed by atoms with van der Waals surface area (Å²) in [5.74, 6) is 0.893. The molecule has 0 aromatic carbocycles. The Kier molecular flexibility index (Phi) is 3.90. The van der Waals surface area contributed by atoms with Crippen LogP contribution in [0.4, 0.5) is 0 Å². The molecule has 0 aliphatic heterocycles. The van der Waals surface area contributed by atoms with Gasteiger partial charge < -0.3 is 5.11 Å². The number of hydrogen-bond acceptors (Lipinski definition) is 2. The van der Waals surface area contributed by atoms with Gasteiger partial charge >= 0.3 is 0 Å². The molecule has 0 radical (unpaired) electrons. The summed E-state index contributed by atoms with van der Waals surface area (Å²) < 4.78 is 1.97. The molecule has 1 N–H and O–H groups in total. The molecule has 98 valence electrons. The first-order chi connectivity index (χ1) is 7.64. The van der Waals surface area contributed by atoms with E-state index in [2.05, 4.69) is 53.6 Å². The average molecular weight is 238 g/mol. The van der Waals surface area contributed by atoms with Crippen LogP contribution >= 0.6 is 0 Å². The zero-order valence-electron chi connectivity index (χ0n) is 12.2. The SMILES string of the molecule is CC(C)Cc1nn(C(C)C)c(C(C)(C)C)c1O. The van der Waals surface area contributed by atoms with Crippen LogP contribution < -0.4 is 0 Å². The molecule has 0 unspecified atom stereocenters. The van der Waals surface area contributed by atoms with Crippen molar-refractivity contribution >= 4 is 0 Å². The highest BCUT2D eigenvalue weighted by Crippen LogP contribution is 2.35. The van der Waals surface area contributed by atoms with Crippen molar-refractivity contribution in [2.45, 2.75) is 66.3 Å². The standard InChI is InChI=1S/C14H26N2O/c1-9(2)8-11-12(17)13(14(5,6)7)16(15-11)10(3)4/h9-10,17H,8H2,1-7H3. The van der Waals surface area contributed by atoms with Crippen LogP contribution in [0.3, 0.4) is 0 Å². The topological polar surface area (TPSA) is 38.0 Å². The van der Waals surface area contributed by atoms with Crippen molar-refractivity contribution in [1.82, 2.24) is 9.78 Å². The Bertz CT molecular complexity index is 384. The second kappa shape index (κ2) is 4.71. The molecule has 0 saturated heterocycles. The fourth-order valence-electron chi connectivity index (χ4n) is 2.07. The quantitative estimate of drug-likeness (QED) is 0.872. The third-order valence-corrected chi connectivity index (χ3v) is 2.76. The molecule has 0 spiro atoms. The van der Waals surface area contributed by atoms with Crippen molar-refractivity contribution in [3.63, 3.8) is 0 Å². The van der Waals surface area contributed by atoms with E-state index in [9.17, 15) is 5.11 Å². The highest BCUT2D eigenvalue weighted by atomic mass is 16.3. The molecule has 3 heteroatoms. The number of aromatic nitrogens is 2. The summed E-state index contributed by atoms with van der Waals surface area (Å²) >= 11 is 0. The minimum absolute atomic E-state index is 0.0867. The summed E-state index contributed by atoms with van der Waals surface area (Å²) in [6.45, 7) is 14.8. The van der Waals surface area contributed by atoms with E-state index in [0.717, 1.165) is 17.8 Å². The van der Waals surface area contributed by atoms with E-state index in [1.54, 1.807) is 0 Å². The van der Waals surface area contributed by atoms with E-state index in [0.29, 0.717) is 11.7 Å². The average Bonchev–Trinajstić information content (AvgIpc) is 2.42. The van der Waals surface area contributed by atoms with E-state index >= 15 is 0 Å². The predicted octanol–water partition coefficient (Wildman–Crippen LogP) is 3.67. The summed E-state index contributed by atoms with van der Waals surface area (Å²) in [7, 11) is 0. The molecule has 0 bridgehead atoms. The van der Waals surface area contributed by atoms with Crippen LogP contribution in [0.15, 0.2) is 0 Å². The summed E-state index contributed by atoms with van der Waals surface area (Å²) in [5.41, 5.74) is 1.69. The first-order valence-corrected chi connectivity index (χ1v) is 6.45. The van der Waals surface area contributed by atoms with Gasteiger partial charge in [-0.3, -0.25) is 4.68 Å². The molecule has 1 heterocycles. The Morgan fingerprint density at radius 2 is 1.71 bits per heavy atom. The van der Waals surface area contributed by atoms with Crippen LogP contribution in [0, 0.1) is 5.92 Å². The van der Waals surface area contributed by atoms with Gasteiger partial charge in [0.15, 0.2) is 5.75 Å². The monoisotopic (exact) mass is 238 g/mol. The second-order valence-corrected chi connectivity index (χ2v) is 6.53. The van der Waals surface area contributed by atoms with Gasteiger partial charge in [-0.2, -0.15) is 5.10 Å². The third kappa shape index (κ3) is 3.02. The van der Waals surface area contributed by atoms with Gasteiger partial charge in [-0.05, 0) is 26.2 Å². The predicted molar refractivity (Wildman–Crippen MR) is 71.5 cm³/mol. The van der Waals surface area contributed by atoms with Crippen LogP contribution in [0.25, 0.3) is 0 Å². The van der Waals surface area contributed by atoms with Gasteiger partial charge in [-0.1, -0.05) is 34.6 Å². The minimum Gasteiger partial charge on any atom is -0.504 e. The zero-order valence-corrected chi connectivity index (χ0v) is 12.2. The molecule has 0 aliphatic carbocycles. The van der Waals surface area contributed by atoms with Gasteiger partial charge in [0, 0.05) is 11.5 Å². The van der Waals surface area contributed by atoms with Crippen LogP contribution in [0.5, 0.6) is 5.75 Å². The maximum Gasteiger partial charge on any atom is 0.160 e. The van der Waals surface area contributed by atoms with E-state index in [1.807, 2.05) is 4.68 Å². The zero-order chi connectivity index (χ0) is 13.4. The molecule has 17 heavy (non-hydrogen) atoms. The van der Waals surface area contributed by atoms with Gasteiger partial charge in [0.1, 0.15) is 5.69 Å². The summed E-state index contributed by atoms with van der Waals surface area (Å²) in [6.07, 6.45) is 0.828. The Balaban J connectivity index is 3.31. The molecule has 1 aromatic heterocycles. The van der Waals surface area contributed by atoms with Crippen molar-refractivity contribution in [2.75, 3.05) is 0 Å². The van der Waals surface area contributed by atoms with Gasteiger partial charge in [-0.25, -0.2) is 0 Å². The molecule has 0 aliphatic rings. The van der Waals surface area contributed by atoms with E-state index in [1.165, 1.54) is 0 Å². The summed E-state index contributed by atoms with van der Waals surface area (Å²) in [4.78, 5) is 0. The first-order valence-electron chi connectivity index (χ1n) is 6.45. The van der Waals surface area contributed by atoms with Crippen molar-refractivity contribution in [1.29, 1.82) is 0 Å². The lowest BCUT2D eigenvalue weighted by Crippen LogP contribution is -2.19. The maximum atomic E-state index is 10.4. The van der Waals surface area contributed by atoms with Crippen LogP contribution in [-0.2, 0) is 11.8 Å². The van der Waals surface area contributed by atoms with Gasteiger partial charge in [0.05, 0.1) is 5.69 Å². The van der Waals surface area contributed by atoms with Crippen molar-refractivity contribution < 1.29 is 5.11 Å². The van der Waals surface area contributed by atoms with Crippen LogP contribution in [-0.4, -0.2) is 14.9 Å². The van der Waals surface area contributed by atoms with E-state index < -0.39 is 0 Å². The second-order valence-electron chi connectivity index (χ2n) is 6.53. The molecule has 3 nitrogen and oxygen atoms in total. The lowest BCUT2D eigenvalue weighted by molar-refractivity contribution is 0.407. The molecular formula is C14H26N2O. The molecular weight excluding hydrogens is 212 g/mol. The number of aromatic hydroxyl groups is 1. The number of nitrogens with zero attached hydrogens (tertiary/aromatic N) is 2. The first kappa shape index (κ1) is 14.1. The molecule has 0 atom stereocenters. The van der Waals surface area contributed by atoms with E-state index in [4.69, 9.17) is 0 Å². The Morgan fingerprint density at radius 3 is 2.00 bits per heavy atom. The highest BCUT2D eigenvalue weighted by molar-refractivity contribution is 5.37. The number of hydrogen-bond donors (Lipinski definition) is 1. The van der Waals surface area contributed by atoms with Crippen molar-refractivity contribution in [3.8, 4) is 5.75 Å². The molecule has 1 aromatic rings. The van der Waals surface area contributed by atoms with Crippen molar-refractivity contribution in [3.05, 3.63) is 11.4 Å². The summed E-state index contributed by atoms with van der Waals surface area (Å²) in [5, 5.41) is 14.9. The number of rotatable bonds is 3. The fourth-order valence-corrected chi connectivity index (χ4v) is 2.07. The lowest BCUT2D eigenvalue weighted by Gasteiger charge is -2.22. The molecule has 1 rings (SSSR count). The molecule has 0 fully saturated rings. The van der Waals surface area contributed by atoms with Crippen LogP contribution in [0.2, 0.25) is 0 Å². The van der Waals surface area contributed by atoms with Gasteiger partial charge in [0.2, 0.25) is 0 Å². The van der Waals surface area contributed by atoms with Gasteiger partial charge in [0.25, 0.3) is 0 Å². The molecule has 0 saturated carbocycles. The summed E-state index contributed by atoms with van der Waals surface area (Å²) in [6, 6.07) is 0.274. The van der Waals surface area contributed by atoms with Crippen LogP contribution in [0.1, 0.15) is 65.9 Å². The normalized spacial score (nSPS) is 12.8. The largest absolute Gasteiger partial charge is 0.504 e. The molecule has 0 amide bonds. The Labute approximate surface area is 105 Å². The Hall–Kier alpha value is -0.990.